The van der Waals surface area contributed by atoms with Gasteiger partial charge in [0.2, 0.25) is 5.91 Å². The Hall–Kier alpha value is -2.21. The fraction of sp³-hybridized carbons (Fsp3) is 0.133. The highest BCUT2D eigenvalue weighted by Gasteiger charge is 2.19. The Balaban J connectivity index is 2.10. The Bertz CT molecular complexity index is 758. The molecule has 0 aliphatic rings. The van der Waals surface area contributed by atoms with Crippen molar-refractivity contribution in [3.8, 4) is 0 Å². The summed E-state index contributed by atoms with van der Waals surface area (Å²) in [6, 6.07) is 11.9. The molecule has 0 spiro atoms. The Morgan fingerprint density at radius 2 is 1.81 bits per heavy atom. The third kappa shape index (κ3) is 3.88. The van der Waals surface area contributed by atoms with Crippen LogP contribution in [0.1, 0.15) is 5.56 Å². The number of carbonyl (C=O) groups is 1. The molecule has 2 rings (SSSR count). The van der Waals surface area contributed by atoms with Gasteiger partial charge in [-0.1, -0.05) is 24.3 Å². The summed E-state index contributed by atoms with van der Waals surface area (Å²) in [7, 11) is -3.70. The van der Waals surface area contributed by atoms with Crippen LogP contribution in [0.4, 0.5) is 10.1 Å². The number of anilines is 1. The van der Waals surface area contributed by atoms with Crippen molar-refractivity contribution >= 4 is 21.4 Å². The van der Waals surface area contributed by atoms with Crippen molar-refractivity contribution < 1.29 is 17.6 Å². The Kier molecular flexibility index (Phi) is 4.37. The molecule has 2 aromatic rings. The first-order valence-corrected chi connectivity index (χ1v) is 7.87. The lowest BCUT2D eigenvalue weighted by Gasteiger charge is -2.07. The van der Waals surface area contributed by atoms with Gasteiger partial charge in [-0.25, -0.2) is 12.8 Å². The predicted octanol–water partition coefficient (Wildman–Crippen LogP) is 2.55. The molecule has 0 unspecified atom stereocenters. The van der Waals surface area contributed by atoms with E-state index in [1.807, 2.05) is 0 Å². The average Bonchev–Trinajstić information content (AvgIpc) is 2.43. The van der Waals surface area contributed by atoms with Crippen LogP contribution in [0.25, 0.3) is 0 Å². The first-order chi connectivity index (χ1) is 9.88. The molecular weight excluding hydrogens is 293 g/mol. The SMILES string of the molecule is Cc1ccc(NC(=O)CS(=O)(=O)c2ccccc2)cc1F. The van der Waals surface area contributed by atoms with E-state index in [0.29, 0.717) is 5.56 Å². The van der Waals surface area contributed by atoms with Crippen molar-refractivity contribution in [1.29, 1.82) is 0 Å². The van der Waals surface area contributed by atoms with Crippen LogP contribution in [-0.4, -0.2) is 20.1 Å². The van der Waals surface area contributed by atoms with Gasteiger partial charge in [0.05, 0.1) is 4.90 Å². The van der Waals surface area contributed by atoms with Gasteiger partial charge in [0.25, 0.3) is 0 Å². The fourth-order valence-electron chi connectivity index (χ4n) is 1.75. The molecule has 6 heteroatoms. The van der Waals surface area contributed by atoms with E-state index in [1.54, 1.807) is 25.1 Å². The summed E-state index contributed by atoms with van der Waals surface area (Å²) in [5.74, 6) is -1.85. The van der Waals surface area contributed by atoms with Gasteiger partial charge >= 0.3 is 0 Å². The Labute approximate surface area is 122 Å². The van der Waals surface area contributed by atoms with Crippen LogP contribution >= 0.6 is 0 Å². The fourth-order valence-corrected chi connectivity index (χ4v) is 2.91. The number of halogens is 1. The summed E-state index contributed by atoms with van der Waals surface area (Å²) in [4.78, 5) is 11.9. The Morgan fingerprint density at radius 3 is 2.43 bits per heavy atom. The average molecular weight is 307 g/mol. The highest BCUT2D eigenvalue weighted by atomic mass is 32.2. The molecule has 2 aromatic carbocycles. The topological polar surface area (TPSA) is 63.2 Å². The minimum Gasteiger partial charge on any atom is -0.325 e. The first-order valence-electron chi connectivity index (χ1n) is 6.22. The van der Waals surface area contributed by atoms with Gasteiger partial charge in [0, 0.05) is 5.69 Å². The van der Waals surface area contributed by atoms with Gasteiger partial charge in [0.15, 0.2) is 9.84 Å². The molecule has 0 bridgehead atoms. The highest BCUT2D eigenvalue weighted by Crippen LogP contribution is 2.15. The van der Waals surface area contributed by atoms with E-state index in [9.17, 15) is 17.6 Å². The predicted molar refractivity (Wildman–Crippen MR) is 78.3 cm³/mol. The maximum Gasteiger partial charge on any atom is 0.239 e. The smallest absolute Gasteiger partial charge is 0.239 e. The zero-order valence-corrected chi connectivity index (χ0v) is 12.2. The normalized spacial score (nSPS) is 11.1. The van der Waals surface area contributed by atoms with Crippen molar-refractivity contribution in [2.75, 3.05) is 11.1 Å². The van der Waals surface area contributed by atoms with Gasteiger partial charge in [-0.2, -0.15) is 0 Å². The quantitative estimate of drug-likeness (QED) is 0.944. The molecule has 0 saturated heterocycles. The number of hydrogen-bond acceptors (Lipinski definition) is 3. The third-order valence-corrected chi connectivity index (χ3v) is 4.51. The molecular formula is C15H14FNO3S. The monoisotopic (exact) mass is 307 g/mol. The van der Waals surface area contributed by atoms with E-state index in [0.717, 1.165) is 6.07 Å². The summed E-state index contributed by atoms with van der Waals surface area (Å²) in [6.45, 7) is 1.60. The molecule has 1 N–H and O–H groups in total. The molecule has 21 heavy (non-hydrogen) atoms. The van der Waals surface area contributed by atoms with E-state index in [1.165, 1.54) is 24.3 Å². The van der Waals surface area contributed by atoms with E-state index >= 15 is 0 Å². The van der Waals surface area contributed by atoms with E-state index < -0.39 is 27.3 Å². The summed E-state index contributed by atoms with van der Waals surface area (Å²) >= 11 is 0. The number of amides is 1. The lowest BCUT2D eigenvalue weighted by atomic mass is 10.2. The minimum atomic E-state index is -3.70. The molecule has 0 radical (unpaired) electrons. The summed E-state index contributed by atoms with van der Waals surface area (Å²) in [5, 5.41) is 2.38. The number of rotatable bonds is 4. The zero-order chi connectivity index (χ0) is 15.5. The van der Waals surface area contributed by atoms with Crippen LogP contribution in [0, 0.1) is 12.7 Å². The highest BCUT2D eigenvalue weighted by molar-refractivity contribution is 7.92. The number of hydrogen-bond donors (Lipinski definition) is 1. The van der Waals surface area contributed by atoms with Crippen LogP contribution in [0.3, 0.4) is 0 Å². The van der Waals surface area contributed by atoms with Gasteiger partial charge in [-0.15, -0.1) is 0 Å². The van der Waals surface area contributed by atoms with Crippen LogP contribution in [-0.2, 0) is 14.6 Å². The van der Waals surface area contributed by atoms with Crippen LogP contribution in [0.15, 0.2) is 53.4 Å². The van der Waals surface area contributed by atoms with Crippen LogP contribution < -0.4 is 5.32 Å². The molecule has 0 heterocycles. The lowest BCUT2D eigenvalue weighted by Crippen LogP contribution is -2.23. The van der Waals surface area contributed by atoms with Gasteiger partial charge in [-0.05, 0) is 36.8 Å². The first kappa shape index (κ1) is 15.2. The number of carbonyl (C=O) groups excluding carboxylic acids is 1. The second-order valence-corrected chi connectivity index (χ2v) is 6.57. The Morgan fingerprint density at radius 1 is 1.14 bits per heavy atom. The molecule has 110 valence electrons. The molecule has 0 saturated carbocycles. The molecule has 0 aliphatic carbocycles. The number of nitrogens with one attached hydrogen (secondary N) is 1. The van der Waals surface area contributed by atoms with Gasteiger partial charge in [0.1, 0.15) is 11.6 Å². The number of sulfone groups is 1. The molecule has 0 aliphatic heterocycles. The molecule has 0 aromatic heterocycles. The molecule has 0 fully saturated rings. The van der Waals surface area contributed by atoms with E-state index in [-0.39, 0.29) is 10.6 Å². The summed E-state index contributed by atoms with van der Waals surface area (Å²) in [6.07, 6.45) is 0. The van der Waals surface area contributed by atoms with E-state index in [2.05, 4.69) is 5.32 Å². The second kappa shape index (κ2) is 6.05. The van der Waals surface area contributed by atoms with E-state index in [4.69, 9.17) is 0 Å². The maximum absolute atomic E-state index is 13.4. The molecule has 0 atom stereocenters. The van der Waals surface area contributed by atoms with Crippen molar-refractivity contribution in [3.63, 3.8) is 0 Å². The lowest BCUT2D eigenvalue weighted by molar-refractivity contribution is -0.113. The number of benzene rings is 2. The van der Waals surface area contributed by atoms with Gasteiger partial charge in [-0.3, -0.25) is 4.79 Å². The second-order valence-electron chi connectivity index (χ2n) is 4.58. The standard InChI is InChI=1S/C15H14FNO3S/c1-11-7-8-12(9-14(11)16)17-15(18)10-21(19,20)13-5-3-2-4-6-13/h2-9H,10H2,1H3,(H,17,18). The molecule has 1 amide bonds. The largest absolute Gasteiger partial charge is 0.325 e. The van der Waals surface area contributed by atoms with Crippen LogP contribution in [0.2, 0.25) is 0 Å². The summed E-state index contributed by atoms with van der Waals surface area (Å²) < 4.78 is 37.4. The third-order valence-electron chi connectivity index (χ3n) is 2.88. The minimum absolute atomic E-state index is 0.0789. The summed E-state index contributed by atoms with van der Waals surface area (Å²) in [5.41, 5.74) is 0.677. The number of aryl methyl sites for hydroxylation is 1. The molecule has 4 nitrogen and oxygen atoms in total. The maximum atomic E-state index is 13.4. The van der Waals surface area contributed by atoms with Crippen molar-refractivity contribution in [3.05, 3.63) is 59.9 Å². The van der Waals surface area contributed by atoms with Gasteiger partial charge < -0.3 is 5.32 Å². The van der Waals surface area contributed by atoms with Crippen molar-refractivity contribution in [2.45, 2.75) is 11.8 Å². The van der Waals surface area contributed by atoms with Crippen molar-refractivity contribution in [2.24, 2.45) is 0 Å². The van der Waals surface area contributed by atoms with Crippen LogP contribution in [0.5, 0.6) is 0 Å². The van der Waals surface area contributed by atoms with Crippen molar-refractivity contribution in [1.82, 2.24) is 0 Å². The zero-order valence-electron chi connectivity index (χ0n) is 11.3.